The second-order valence-corrected chi connectivity index (χ2v) is 8.30. The summed E-state index contributed by atoms with van der Waals surface area (Å²) in [5.74, 6) is -0.504. The van der Waals surface area contributed by atoms with E-state index in [0.717, 1.165) is 44.1 Å². The Morgan fingerprint density at radius 3 is 2.30 bits per heavy atom. The van der Waals surface area contributed by atoms with Crippen molar-refractivity contribution in [3.8, 4) is 0 Å². The van der Waals surface area contributed by atoms with Gasteiger partial charge in [0.1, 0.15) is 16.7 Å². The highest BCUT2D eigenvalue weighted by Crippen LogP contribution is 2.39. The number of rotatable bonds is 3. The summed E-state index contributed by atoms with van der Waals surface area (Å²) in [6, 6.07) is 7.34. The first-order valence-electron chi connectivity index (χ1n) is 10.0. The third-order valence-electron chi connectivity index (χ3n) is 6.20. The number of hydrogen-bond donors (Lipinski definition) is 0. The fraction of sp³-hybridized carbons (Fsp3) is 0.417. The zero-order valence-corrected chi connectivity index (χ0v) is 16.5. The maximum atomic E-state index is 13.9. The van der Waals surface area contributed by atoms with E-state index in [0.29, 0.717) is 5.92 Å². The Kier molecular flexibility index (Phi) is 5.36. The summed E-state index contributed by atoms with van der Waals surface area (Å²) >= 11 is 5.64. The van der Waals surface area contributed by atoms with Crippen LogP contribution in [0.25, 0.3) is 0 Å². The van der Waals surface area contributed by atoms with Crippen molar-refractivity contribution >= 4 is 11.6 Å². The summed E-state index contributed by atoms with van der Waals surface area (Å²) in [7, 11) is 0. The predicted octanol–water partition coefficient (Wildman–Crippen LogP) is 6.96. The highest BCUT2D eigenvalue weighted by Gasteiger charge is 2.27. The quantitative estimate of drug-likeness (QED) is 0.395. The van der Waals surface area contributed by atoms with Crippen LogP contribution in [0, 0.1) is 17.6 Å². The summed E-state index contributed by atoms with van der Waals surface area (Å²) in [5, 5.41) is -0.407. The smallest absolute Gasteiger partial charge is 0.145 e. The van der Waals surface area contributed by atoms with Crippen molar-refractivity contribution in [3.63, 3.8) is 0 Å². The molecule has 0 aromatic heterocycles. The normalized spacial score (nSPS) is 21.9. The minimum Gasteiger partial charge on any atom is -0.205 e. The molecule has 0 spiro atoms. The van der Waals surface area contributed by atoms with Gasteiger partial charge in [-0.2, -0.15) is 0 Å². The molecule has 2 aromatic carbocycles. The van der Waals surface area contributed by atoms with E-state index in [1.807, 2.05) is 0 Å². The predicted molar refractivity (Wildman–Crippen MR) is 108 cm³/mol. The molecule has 4 rings (SSSR count). The molecule has 0 fully saturated rings. The number of allylic oxidation sites excluding steroid dienone is 2. The average Bonchev–Trinajstić information content (AvgIpc) is 2.69. The van der Waals surface area contributed by atoms with Crippen molar-refractivity contribution in [1.82, 2.24) is 0 Å². The number of fused-ring (bicyclic) bond motifs is 3. The molecule has 0 saturated heterocycles. The van der Waals surface area contributed by atoms with Gasteiger partial charge in [-0.15, -0.1) is 0 Å². The van der Waals surface area contributed by atoms with Crippen LogP contribution in [0.5, 0.6) is 0 Å². The van der Waals surface area contributed by atoms with Crippen LogP contribution in [0.4, 0.5) is 8.78 Å². The largest absolute Gasteiger partial charge is 0.205 e. The van der Waals surface area contributed by atoms with Crippen molar-refractivity contribution in [3.05, 3.63) is 80.9 Å². The van der Waals surface area contributed by atoms with Gasteiger partial charge in [0.15, 0.2) is 0 Å². The first-order valence-corrected chi connectivity index (χ1v) is 10.4. The minimum absolute atomic E-state index is 0.153. The van der Waals surface area contributed by atoms with E-state index in [2.05, 4.69) is 31.2 Å². The maximum absolute atomic E-state index is 13.9. The van der Waals surface area contributed by atoms with E-state index in [1.165, 1.54) is 35.2 Å². The van der Waals surface area contributed by atoms with Crippen molar-refractivity contribution in [2.24, 2.45) is 5.92 Å². The molecule has 2 atom stereocenters. The van der Waals surface area contributed by atoms with E-state index in [-0.39, 0.29) is 5.92 Å². The topological polar surface area (TPSA) is 0 Å². The standard InChI is InChI=1S/C24H25ClF2/c1-2-3-4-15-5-9-20-17(11-15)6-7-18-12-16(8-10-21(18)20)19-13-22(26)24(25)23(27)14-19/h3-4,6-7,13-16H,2,5,8-12H2,1H3/t15-,16-/m0/s1. The second kappa shape index (κ2) is 7.75. The van der Waals surface area contributed by atoms with Crippen LogP contribution >= 0.6 is 11.6 Å². The van der Waals surface area contributed by atoms with Gasteiger partial charge in [0.05, 0.1) is 0 Å². The Morgan fingerprint density at radius 2 is 1.63 bits per heavy atom. The van der Waals surface area contributed by atoms with Crippen LogP contribution < -0.4 is 0 Å². The van der Waals surface area contributed by atoms with Gasteiger partial charge in [0.25, 0.3) is 0 Å². The fourth-order valence-corrected chi connectivity index (χ4v) is 4.89. The molecule has 0 unspecified atom stereocenters. The van der Waals surface area contributed by atoms with E-state index in [9.17, 15) is 8.78 Å². The van der Waals surface area contributed by atoms with E-state index >= 15 is 0 Å². The summed E-state index contributed by atoms with van der Waals surface area (Å²) in [5.41, 5.74) is 6.61. The molecule has 0 nitrogen and oxygen atoms in total. The molecule has 3 heteroatoms. The van der Waals surface area contributed by atoms with Crippen LogP contribution in [-0.2, 0) is 25.7 Å². The molecule has 0 bridgehead atoms. The van der Waals surface area contributed by atoms with Crippen LogP contribution in [0.2, 0.25) is 5.02 Å². The van der Waals surface area contributed by atoms with Crippen LogP contribution in [0.1, 0.15) is 59.9 Å². The Bertz CT molecular complexity index is 861. The minimum atomic E-state index is -0.658. The molecule has 0 amide bonds. The molecule has 142 valence electrons. The van der Waals surface area contributed by atoms with Crippen molar-refractivity contribution in [2.75, 3.05) is 0 Å². The summed E-state index contributed by atoms with van der Waals surface area (Å²) in [4.78, 5) is 0. The first-order chi connectivity index (χ1) is 13.1. The Labute approximate surface area is 165 Å². The van der Waals surface area contributed by atoms with Crippen LogP contribution in [0.3, 0.4) is 0 Å². The van der Waals surface area contributed by atoms with Gasteiger partial charge in [-0.25, -0.2) is 8.78 Å². The highest BCUT2D eigenvalue weighted by atomic mass is 35.5. The highest BCUT2D eigenvalue weighted by molar-refractivity contribution is 6.30. The van der Waals surface area contributed by atoms with Gasteiger partial charge < -0.3 is 0 Å². The van der Waals surface area contributed by atoms with Gasteiger partial charge in [0, 0.05) is 0 Å². The third-order valence-corrected chi connectivity index (χ3v) is 6.56. The summed E-state index contributed by atoms with van der Waals surface area (Å²) in [6.45, 7) is 2.18. The molecule has 0 radical (unpaired) electrons. The lowest BCUT2D eigenvalue weighted by atomic mass is 9.74. The third kappa shape index (κ3) is 3.69. The summed E-state index contributed by atoms with van der Waals surface area (Å²) < 4.78 is 27.7. The lowest BCUT2D eigenvalue weighted by Crippen LogP contribution is -2.20. The van der Waals surface area contributed by atoms with Crippen molar-refractivity contribution in [2.45, 2.75) is 57.8 Å². The van der Waals surface area contributed by atoms with Crippen molar-refractivity contribution in [1.29, 1.82) is 0 Å². The molecule has 27 heavy (non-hydrogen) atoms. The van der Waals surface area contributed by atoms with Gasteiger partial charge in [0.2, 0.25) is 0 Å². The van der Waals surface area contributed by atoms with Crippen LogP contribution in [0.15, 0.2) is 36.4 Å². The number of benzene rings is 2. The lowest BCUT2D eigenvalue weighted by Gasteiger charge is -2.31. The molecule has 0 aliphatic heterocycles. The first kappa shape index (κ1) is 18.7. The zero-order valence-electron chi connectivity index (χ0n) is 15.7. The SMILES string of the molecule is CCC=C[C@H]1CCc2c(ccc3c2CC[C@H](c2cc(F)c(Cl)c(F)c2)C3)C1. The molecule has 2 aliphatic carbocycles. The van der Waals surface area contributed by atoms with Gasteiger partial charge in [-0.3, -0.25) is 0 Å². The van der Waals surface area contributed by atoms with E-state index < -0.39 is 16.7 Å². The monoisotopic (exact) mass is 386 g/mol. The Balaban J connectivity index is 1.58. The molecule has 0 N–H and O–H groups in total. The van der Waals surface area contributed by atoms with Gasteiger partial charge in [-0.1, -0.05) is 42.8 Å². The van der Waals surface area contributed by atoms with Crippen molar-refractivity contribution < 1.29 is 8.78 Å². The molecule has 2 aromatic rings. The molecule has 0 saturated carbocycles. The Hall–Kier alpha value is -1.67. The average molecular weight is 387 g/mol. The zero-order chi connectivity index (χ0) is 19.0. The van der Waals surface area contributed by atoms with Gasteiger partial charge >= 0.3 is 0 Å². The number of halogens is 3. The number of hydrogen-bond acceptors (Lipinski definition) is 0. The fourth-order valence-electron chi connectivity index (χ4n) is 4.78. The lowest BCUT2D eigenvalue weighted by molar-refractivity contribution is 0.528. The molecular formula is C24H25ClF2. The summed E-state index contributed by atoms with van der Waals surface area (Å²) in [6.07, 6.45) is 12.0. The van der Waals surface area contributed by atoms with Gasteiger partial charge in [-0.05, 0) is 96.7 Å². The molecular weight excluding hydrogens is 362 g/mol. The second-order valence-electron chi connectivity index (χ2n) is 7.92. The van der Waals surface area contributed by atoms with Crippen LogP contribution in [-0.4, -0.2) is 0 Å². The molecule has 2 aliphatic rings. The van der Waals surface area contributed by atoms with E-state index in [4.69, 9.17) is 11.6 Å². The molecule has 0 heterocycles. The van der Waals surface area contributed by atoms with E-state index in [1.54, 1.807) is 5.56 Å². The maximum Gasteiger partial charge on any atom is 0.145 e. The Morgan fingerprint density at radius 1 is 1.00 bits per heavy atom.